The molecule has 0 spiro atoms. The van der Waals surface area contributed by atoms with Gasteiger partial charge in [0.1, 0.15) is 48.6 Å². The molecule has 1 aromatic heterocycles. The molecular formula is C96H144N6O26S2. The van der Waals surface area contributed by atoms with E-state index >= 15 is 0 Å². The number of aryl methyl sites for hydroxylation is 1. The smallest absolute Gasteiger partial charge is 0.329 e. The van der Waals surface area contributed by atoms with Gasteiger partial charge < -0.3 is 112 Å². The van der Waals surface area contributed by atoms with E-state index in [1.54, 1.807) is 59.3 Å². The molecule has 8 rings (SSSR count). The number of aromatic nitrogens is 1. The van der Waals surface area contributed by atoms with Crippen LogP contribution in [0.1, 0.15) is 153 Å². The number of aliphatic hydroxyl groups is 2. The average molecular weight is 1860 g/mol. The van der Waals surface area contributed by atoms with Crippen LogP contribution < -0.4 is 21.1 Å². The molecule has 2 bridgehead atoms. The second-order valence-corrected chi connectivity index (χ2v) is 36.9. The van der Waals surface area contributed by atoms with Crippen LogP contribution in [0.5, 0.6) is 5.75 Å². The average Bonchev–Trinajstić information content (AvgIpc) is 0.867. The van der Waals surface area contributed by atoms with Crippen LogP contribution in [0.3, 0.4) is 0 Å². The highest BCUT2D eigenvalue weighted by Gasteiger charge is 2.53. The van der Waals surface area contributed by atoms with Crippen LogP contribution in [0.4, 0.5) is 5.82 Å². The number of nitrogens with one attached hydrogen (secondary N) is 2. The van der Waals surface area contributed by atoms with Crippen LogP contribution in [-0.4, -0.2) is 307 Å². The Hall–Kier alpha value is -7.59. The summed E-state index contributed by atoms with van der Waals surface area (Å²) in [7, 11) is 2.45. The van der Waals surface area contributed by atoms with Gasteiger partial charge in [-0.1, -0.05) is 77.1 Å². The molecule has 130 heavy (non-hydrogen) atoms. The number of hydrogen-bond donors (Lipinski definition) is 5. The largest absolute Gasteiger partial charge is 0.491 e. The third kappa shape index (κ3) is 34.4. The minimum atomic E-state index is -3.78. The number of Topliss-reactive ketones (excluding diaryl/α,β-unsaturated/α-hetero) is 2. The molecule has 3 fully saturated rings. The zero-order valence-electron chi connectivity index (χ0n) is 78.2. The molecule has 0 radical (unpaired) electrons. The number of aliphatic hydroxyl groups excluding tert-OH is 1. The molecule has 34 heteroatoms. The lowest BCUT2D eigenvalue weighted by Gasteiger charge is -2.43. The number of thiocarbonyl (C=S) groups is 1. The number of hydrogen-bond acceptors (Lipinski definition) is 29. The van der Waals surface area contributed by atoms with Gasteiger partial charge in [-0.25, -0.2) is 18.2 Å². The highest BCUT2D eigenvalue weighted by molar-refractivity contribution is 7.91. The molecule has 2 saturated heterocycles. The molecular weight excluding hydrogens is 1720 g/mol. The van der Waals surface area contributed by atoms with Crippen LogP contribution in [0, 0.1) is 42.4 Å². The van der Waals surface area contributed by atoms with E-state index in [1.165, 1.54) is 30.2 Å². The molecule has 4 aliphatic heterocycles. The number of allylic oxidation sites excluding steroid dienone is 5. The maximum Gasteiger partial charge on any atom is 0.329 e. The van der Waals surface area contributed by atoms with Crippen molar-refractivity contribution in [1.82, 2.24) is 25.4 Å². The molecule has 5 heterocycles. The fourth-order valence-electron chi connectivity index (χ4n) is 17.0. The normalized spacial score (nSPS) is 27.2. The number of nitrogens with two attached hydrogens (primary N) is 1. The molecule has 3 amide bonds. The Morgan fingerprint density at radius 3 is 1.95 bits per heavy atom. The Morgan fingerprint density at radius 2 is 1.32 bits per heavy atom. The third-order valence-electron chi connectivity index (χ3n) is 24.7. The highest BCUT2D eigenvalue weighted by atomic mass is 32.2. The van der Waals surface area contributed by atoms with Gasteiger partial charge in [-0.2, -0.15) is 0 Å². The summed E-state index contributed by atoms with van der Waals surface area (Å²) in [6.45, 7) is 21.9. The minimum absolute atomic E-state index is 0.0122. The lowest BCUT2D eigenvalue weighted by atomic mass is 9.78. The summed E-state index contributed by atoms with van der Waals surface area (Å²) in [6.07, 6.45) is 13.7. The Kier molecular flexibility index (Phi) is 46.9. The first kappa shape index (κ1) is 108. The maximum atomic E-state index is 14.9. The first-order valence-electron chi connectivity index (χ1n) is 45.9. The second kappa shape index (κ2) is 56.6. The number of methoxy groups -OCH3 is 4. The number of fused-ring (bicyclic) bond motifs is 4. The molecule has 5 aliphatic rings. The fourth-order valence-corrected chi connectivity index (χ4v) is 18.4. The van der Waals surface area contributed by atoms with Crippen molar-refractivity contribution in [3.05, 3.63) is 119 Å². The van der Waals surface area contributed by atoms with Gasteiger partial charge in [-0.3, -0.25) is 24.0 Å². The number of carbonyl (C=O) groups excluding carboxylic acids is 6. The molecule has 6 N–H and O–H groups in total. The molecule has 16 atom stereocenters. The van der Waals surface area contributed by atoms with Crippen LogP contribution in [0.25, 0.3) is 11.1 Å². The van der Waals surface area contributed by atoms with Crippen LogP contribution in [0.15, 0.2) is 107 Å². The Labute approximate surface area is 773 Å². The van der Waals surface area contributed by atoms with Crippen molar-refractivity contribution >= 4 is 68.3 Å². The van der Waals surface area contributed by atoms with Gasteiger partial charge in [-0.05, 0) is 180 Å². The zero-order valence-corrected chi connectivity index (χ0v) is 79.8. The van der Waals surface area contributed by atoms with Gasteiger partial charge >= 0.3 is 5.97 Å². The number of rotatable bonds is 41. The van der Waals surface area contributed by atoms with E-state index in [9.17, 15) is 47.4 Å². The molecule has 3 aromatic rings. The lowest BCUT2D eigenvalue weighted by molar-refractivity contribution is -0.265. The van der Waals surface area contributed by atoms with Crippen molar-refractivity contribution < 1.29 is 123 Å². The number of nitrogens with zero attached hydrogens (tertiary/aromatic N) is 3. The van der Waals surface area contributed by atoms with Crippen LogP contribution in [0.2, 0.25) is 0 Å². The van der Waals surface area contributed by atoms with Crippen molar-refractivity contribution in [2.45, 2.75) is 211 Å². The zero-order chi connectivity index (χ0) is 94.1. The molecule has 2 aromatic carbocycles. The number of ether oxygens (including phenoxy) is 16. The minimum Gasteiger partial charge on any atom is -0.491 e. The van der Waals surface area contributed by atoms with E-state index in [0.29, 0.717) is 205 Å². The van der Waals surface area contributed by atoms with Crippen LogP contribution in [-0.2, 0) is 111 Å². The summed E-state index contributed by atoms with van der Waals surface area (Å²) >= 11 is 5.64. The van der Waals surface area contributed by atoms with E-state index in [-0.39, 0.29) is 115 Å². The predicted octanol–water partition coefficient (Wildman–Crippen LogP) is 9.63. The highest BCUT2D eigenvalue weighted by Crippen LogP contribution is 2.40. The standard InChI is InChI=1S/C96H144N6O26S2/c1-64-18-14-13-15-19-65(2)82(113-9)60-76-25-21-71(8)96(110,128-76)91(106)93(108)102-34-17-16-20-79(102)94(109)126-84(61-83(114-10)67(4)55-70(7)89(105)90(116-12)88(104)69(6)54-64)68(5)56-72-22-28-81(85(58-72)115-11)127-95(129)99-32-37-118-40-42-120-44-46-122-48-50-124-52-51-123-49-47-121-45-43-119-41-39-117-36-31-87(103)98-33-53-130(111,112)77-26-27-78(66(3)57-77)92(107)101-35-38-125-80-29-23-73(59-75(80)63-101)74-24-30-86(97)100-62-74/h13-15,18-19,23-24,26-27,29-30,55,57,59,62,64,67-69,71-72,76,79,81-85,89-90,105,110H,16-17,20-22,25,28,31-54,56,58,60-61,63H2,1-12H3,(H2,97,100)(H,98,103)(H,99,129)/b15-13+,18-14+,65-19+,70-55+/t64-,67-,68-,69?,71-,72+,76+,79+,81?,82+,83-,84+,85-,89?,90+,96-/m1/s1. The number of amides is 3. The number of ketones is 2. The van der Waals surface area contributed by atoms with Crippen molar-refractivity contribution in [1.29, 1.82) is 0 Å². The number of anilines is 1. The van der Waals surface area contributed by atoms with Gasteiger partial charge in [0.2, 0.25) is 11.7 Å². The van der Waals surface area contributed by atoms with E-state index in [4.69, 9.17) is 93.7 Å². The Balaban J connectivity index is 0.649. The third-order valence-corrected chi connectivity index (χ3v) is 26.6. The van der Waals surface area contributed by atoms with Crippen LogP contribution >= 0.6 is 12.2 Å². The van der Waals surface area contributed by atoms with Crippen molar-refractivity contribution in [3.63, 3.8) is 0 Å². The van der Waals surface area contributed by atoms with Gasteiger partial charge in [0.15, 0.2) is 15.6 Å². The molecule has 1 aliphatic carbocycles. The predicted molar refractivity (Wildman–Crippen MR) is 492 cm³/mol. The van der Waals surface area contributed by atoms with Gasteiger partial charge in [-0.15, -0.1) is 0 Å². The SMILES string of the molecule is CO[C@H]1C[C@@H]2CC[C@@H](C)[C@@](O)(O2)C(=O)C(=O)N2CCCC[C@H]2C(=O)O[C@H]([C@H](C)C[C@@H]2CCC(OC(=S)NCCOCCOCCOCCOCCOCCOCCOCCOCCC(=O)NCCS(=O)(=O)c3ccc(C(=O)N4CCOc5ccc(-c6ccc(N)nc6)cc5C4)c(C)c3)[C@H](OC)C2)C[C@@H](OC)[C@H](C)/C=C(\C)C(O)[C@@H](OC)C(=O)C(C)C[C@H](C)/C=C/C=C/C=C/1C. The summed E-state index contributed by atoms with van der Waals surface area (Å²) in [5.74, 6) is -6.98. The number of esters is 1. The molecule has 32 nitrogen and oxygen atoms in total. The van der Waals surface area contributed by atoms with Crippen molar-refractivity contribution in [3.8, 4) is 16.9 Å². The Morgan fingerprint density at radius 1 is 0.677 bits per heavy atom. The summed E-state index contributed by atoms with van der Waals surface area (Å²) < 4.78 is 121. The second-order valence-electron chi connectivity index (χ2n) is 34.5. The van der Waals surface area contributed by atoms with Crippen molar-refractivity contribution in [2.24, 2.45) is 35.5 Å². The Bertz CT molecular complexity index is 4270. The number of piperidine rings is 1. The maximum absolute atomic E-state index is 14.9. The van der Waals surface area contributed by atoms with Gasteiger partial charge in [0.25, 0.3) is 22.8 Å². The number of carbonyl (C=O) groups is 6. The summed E-state index contributed by atoms with van der Waals surface area (Å²) in [6, 6.07) is 12.7. The molecule has 726 valence electrons. The number of pyridine rings is 1. The van der Waals surface area contributed by atoms with E-state index in [0.717, 1.165) is 28.7 Å². The lowest BCUT2D eigenvalue weighted by Crippen LogP contribution is -2.61. The van der Waals surface area contributed by atoms with Gasteiger partial charge in [0.05, 0.1) is 147 Å². The molecule has 3 unspecified atom stereocenters. The number of cyclic esters (lactones) is 1. The number of nitrogen functional groups attached to an aromatic ring is 1. The van der Waals surface area contributed by atoms with Gasteiger partial charge in [0, 0.05) is 115 Å². The first-order chi connectivity index (χ1) is 62.5. The quantitative estimate of drug-likeness (QED) is 0.0116. The summed E-state index contributed by atoms with van der Waals surface area (Å²) in [5, 5.41) is 30.0. The van der Waals surface area contributed by atoms with E-state index in [1.807, 2.05) is 95.3 Å². The number of sulfone groups is 1. The first-order valence-corrected chi connectivity index (χ1v) is 48.0. The summed E-state index contributed by atoms with van der Waals surface area (Å²) in [5.41, 5.74) is 10.7. The monoisotopic (exact) mass is 1860 g/mol. The van der Waals surface area contributed by atoms with Crippen molar-refractivity contribution in [2.75, 3.05) is 178 Å². The van der Waals surface area contributed by atoms with E-state index in [2.05, 4.69) is 15.6 Å². The summed E-state index contributed by atoms with van der Waals surface area (Å²) in [4.78, 5) is 91.6. The molecule has 1 saturated carbocycles. The fraction of sp³-hybridized carbons (Fsp3) is 0.667. The van der Waals surface area contributed by atoms with E-state index < -0.39 is 87.8 Å². The number of benzene rings is 2. The topological polar surface area (TPSA) is 394 Å².